The van der Waals surface area contributed by atoms with E-state index in [2.05, 4.69) is 26.5 Å². The number of hydrogen-bond acceptors (Lipinski definition) is 3. The van der Waals surface area contributed by atoms with Crippen LogP contribution >= 0.6 is 12.6 Å². The van der Waals surface area contributed by atoms with E-state index in [9.17, 15) is 4.79 Å². The summed E-state index contributed by atoms with van der Waals surface area (Å²) in [5, 5.41) is 0. The molecule has 0 aromatic heterocycles. The Morgan fingerprint density at radius 3 is 2.44 bits per heavy atom. The van der Waals surface area contributed by atoms with E-state index in [0.29, 0.717) is 12.2 Å². The molecular weight excluding hydrogens is 220 g/mol. The Morgan fingerprint density at radius 2 is 1.88 bits per heavy atom. The van der Waals surface area contributed by atoms with Crippen molar-refractivity contribution in [3.05, 3.63) is 0 Å². The minimum atomic E-state index is -0.0936. The second kappa shape index (κ2) is 11.3. The van der Waals surface area contributed by atoms with Crippen LogP contribution in [0.2, 0.25) is 0 Å². The first-order valence-electron chi connectivity index (χ1n) is 6.54. The number of carbonyl (C=O) groups excluding carboxylic acids is 1. The summed E-state index contributed by atoms with van der Waals surface area (Å²) >= 11 is 4.03. The highest BCUT2D eigenvalue weighted by Gasteiger charge is 2.12. The Hall–Kier alpha value is -0.180. The minimum Gasteiger partial charge on any atom is -0.462 e. The topological polar surface area (TPSA) is 26.3 Å². The van der Waals surface area contributed by atoms with Gasteiger partial charge in [0.25, 0.3) is 0 Å². The first-order valence-corrected chi connectivity index (χ1v) is 7.18. The second-order valence-corrected chi connectivity index (χ2v) is 4.67. The van der Waals surface area contributed by atoms with Crippen molar-refractivity contribution >= 4 is 18.6 Å². The lowest BCUT2D eigenvalue weighted by Gasteiger charge is -2.17. The van der Waals surface area contributed by atoms with E-state index in [0.717, 1.165) is 19.3 Å². The molecule has 16 heavy (non-hydrogen) atoms. The third kappa shape index (κ3) is 9.08. The third-order valence-electron chi connectivity index (χ3n) is 2.60. The zero-order chi connectivity index (χ0) is 12.2. The fourth-order valence-corrected chi connectivity index (χ4v) is 1.90. The molecule has 0 fully saturated rings. The summed E-state index contributed by atoms with van der Waals surface area (Å²) in [6.45, 7) is 4.34. The van der Waals surface area contributed by atoms with Crippen LogP contribution in [0.3, 0.4) is 0 Å². The largest absolute Gasteiger partial charge is 0.462 e. The van der Waals surface area contributed by atoms with Crippen LogP contribution in [-0.4, -0.2) is 17.8 Å². The maximum absolute atomic E-state index is 11.3. The maximum Gasteiger partial charge on any atom is 0.306 e. The Kier molecular flexibility index (Phi) is 11.2. The number of ether oxygens (including phenoxy) is 1. The zero-order valence-electron chi connectivity index (χ0n) is 10.7. The standard InChI is InChI=1S/C13H26O2S/c1-3-5-6-7-9-12(8-4-2)15-13(14)10-11-16/h12,16H,3-11H2,1-2H3. The zero-order valence-corrected chi connectivity index (χ0v) is 11.6. The van der Waals surface area contributed by atoms with Crippen LogP contribution in [0, 0.1) is 0 Å². The lowest BCUT2D eigenvalue weighted by molar-refractivity contribution is -0.149. The fourth-order valence-electron chi connectivity index (χ4n) is 1.72. The summed E-state index contributed by atoms with van der Waals surface area (Å²) in [6, 6.07) is 0. The predicted octanol–water partition coefficient (Wildman–Crippen LogP) is 3.99. The van der Waals surface area contributed by atoms with E-state index in [1.807, 2.05) is 0 Å². The van der Waals surface area contributed by atoms with Crippen molar-refractivity contribution in [3.8, 4) is 0 Å². The van der Waals surface area contributed by atoms with Crippen molar-refractivity contribution in [1.29, 1.82) is 0 Å². The molecule has 0 saturated carbocycles. The predicted molar refractivity (Wildman–Crippen MR) is 72.0 cm³/mol. The van der Waals surface area contributed by atoms with Gasteiger partial charge in [0.15, 0.2) is 0 Å². The molecule has 0 aromatic rings. The van der Waals surface area contributed by atoms with E-state index in [1.54, 1.807) is 0 Å². The molecule has 0 radical (unpaired) electrons. The smallest absolute Gasteiger partial charge is 0.306 e. The van der Waals surface area contributed by atoms with E-state index in [4.69, 9.17) is 4.74 Å². The second-order valence-electron chi connectivity index (χ2n) is 4.22. The molecule has 96 valence electrons. The minimum absolute atomic E-state index is 0.0936. The van der Waals surface area contributed by atoms with E-state index in [1.165, 1.54) is 25.7 Å². The van der Waals surface area contributed by atoms with Gasteiger partial charge in [0.1, 0.15) is 6.10 Å². The van der Waals surface area contributed by atoms with Crippen LogP contribution in [-0.2, 0) is 9.53 Å². The van der Waals surface area contributed by atoms with Gasteiger partial charge in [-0.25, -0.2) is 0 Å². The molecule has 0 saturated heterocycles. The normalized spacial score (nSPS) is 12.4. The molecule has 0 amide bonds. The first-order chi connectivity index (χ1) is 7.74. The summed E-state index contributed by atoms with van der Waals surface area (Å²) < 4.78 is 5.42. The Balaban J connectivity index is 3.73. The van der Waals surface area contributed by atoms with Crippen molar-refractivity contribution < 1.29 is 9.53 Å². The summed E-state index contributed by atoms with van der Waals surface area (Å²) in [4.78, 5) is 11.3. The number of unbranched alkanes of at least 4 members (excludes halogenated alkanes) is 3. The van der Waals surface area contributed by atoms with E-state index < -0.39 is 0 Å². The molecule has 0 rings (SSSR count). The summed E-state index contributed by atoms with van der Waals surface area (Å²) in [5.41, 5.74) is 0. The van der Waals surface area contributed by atoms with Gasteiger partial charge >= 0.3 is 5.97 Å². The summed E-state index contributed by atoms with van der Waals surface area (Å²) in [5.74, 6) is 0.483. The monoisotopic (exact) mass is 246 g/mol. The van der Waals surface area contributed by atoms with E-state index in [-0.39, 0.29) is 12.1 Å². The number of thiol groups is 1. The Morgan fingerprint density at radius 1 is 1.12 bits per heavy atom. The van der Waals surface area contributed by atoms with Crippen molar-refractivity contribution in [2.24, 2.45) is 0 Å². The Labute approximate surface area is 106 Å². The molecule has 0 bridgehead atoms. The number of rotatable bonds is 10. The molecule has 0 aliphatic carbocycles. The van der Waals surface area contributed by atoms with Gasteiger partial charge in [-0.15, -0.1) is 0 Å². The molecule has 3 heteroatoms. The average Bonchev–Trinajstić information content (AvgIpc) is 2.25. The molecule has 1 atom stereocenters. The summed E-state index contributed by atoms with van der Waals surface area (Å²) in [7, 11) is 0. The molecule has 0 spiro atoms. The van der Waals surface area contributed by atoms with Gasteiger partial charge in [-0.2, -0.15) is 12.6 Å². The maximum atomic E-state index is 11.3. The van der Waals surface area contributed by atoms with Gasteiger partial charge in [0.05, 0.1) is 6.42 Å². The van der Waals surface area contributed by atoms with Gasteiger partial charge in [-0.1, -0.05) is 39.5 Å². The third-order valence-corrected chi connectivity index (χ3v) is 2.83. The molecule has 2 nitrogen and oxygen atoms in total. The van der Waals surface area contributed by atoms with Crippen molar-refractivity contribution in [2.45, 2.75) is 71.3 Å². The van der Waals surface area contributed by atoms with Crippen molar-refractivity contribution in [1.82, 2.24) is 0 Å². The molecule has 1 unspecified atom stereocenters. The molecule has 0 aliphatic rings. The quantitative estimate of drug-likeness (QED) is 0.358. The van der Waals surface area contributed by atoms with Crippen LogP contribution in [0.5, 0.6) is 0 Å². The average molecular weight is 246 g/mol. The van der Waals surface area contributed by atoms with Gasteiger partial charge in [-0.3, -0.25) is 4.79 Å². The van der Waals surface area contributed by atoms with Crippen LogP contribution < -0.4 is 0 Å². The lowest BCUT2D eigenvalue weighted by Crippen LogP contribution is -2.18. The number of hydrogen-bond donors (Lipinski definition) is 1. The molecule has 0 aliphatic heterocycles. The first kappa shape index (κ1) is 15.8. The lowest BCUT2D eigenvalue weighted by atomic mass is 10.1. The van der Waals surface area contributed by atoms with Gasteiger partial charge in [0, 0.05) is 5.75 Å². The highest BCUT2D eigenvalue weighted by atomic mass is 32.1. The van der Waals surface area contributed by atoms with Crippen LogP contribution in [0.1, 0.15) is 65.2 Å². The summed E-state index contributed by atoms with van der Waals surface area (Å²) in [6.07, 6.45) is 8.60. The highest BCUT2D eigenvalue weighted by Crippen LogP contribution is 2.13. The Bertz CT molecular complexity index is 171. The van der Waals surface area contributed by atoms with Crippen LogP contribution in [0.15, 0.2) is 0 Å². The van der Waals surface area contributed by atoms with Gasteiger partial charge < -0.3 is 4.74 Å². The van der Waals surface area contributed by atoms with Crippen molar-refractivity contribution in [2.75, 3.05) is 5.75 Å². The van der Waals surface area contributed by atoms with Crippen LogP contribution in [0.4, 0.5) is 0 Å². The number of carbonyl (C=O) groups is 1. The number of esters is 1. The van der Waals surface area contributed by atoms with Gasteiger partial charge in [-0.05, 0) is 19.3 Å². The molecule has 0 aromatic carbocycles. The molecular formula is C13H26O2S. The molecule has 0 N–H and O–H groups in total. The van der Waals surface area contributed by atoms with Crippen LogP contribution in [0.25, 0.3) is 0 Å². The SMILES string of the molecule is CCCCCCC(CCC)OC(=O)CCS. The van der Waals surface area contributed by atoms with Crippen molar-refractivity contribution in [3.63, 3.8) is 0 Å². The van der Waals surface area contributed by atoms with Gasteiger partial charge in [0.2, 0.25) is 0 Å². The molecule has 0 heterocycles. The fraction of sp³-hybridized carbons (Fsp3) is 0.923. The van der Waals surface area contributed by atoms with E-state index >= 15 is 0 Å². The highest BCUT2D eigenvalue weighted by molar-refractivity contribution is 7.80.